The number of fused-ring (bicyclic) bond motifs is 3. The van der Waals surface area contributed by atoms with Crippen molar-refractivity contribution in [2.75, 3.05) is 6.61 Å². The molecule has 0 aliphatic carbocycles. The summed E-state index contributed by atoms with van der Waals surface area (Å²) in [5.41, 5.74) is 4.72. The molecule has 14 nitrogen and oxygen atoms in total. The molecular formula is C73H66F2O14. The minimum Gasteiger partial charge on any atom is -0.489 e. The number of rotatable bonds is 24. The molecule has 0 amide bonds. The average Bonchev–Trinajstić information content (AvgIpc) is 1.88. The van der Waals surface area contributed by atoms with Gasteiger partial charge in [-0.15, -0.1) is 0 Å². The molecule has 0 unspecified atom stereocenters. The summed E-state index contributed by atoms with van der Waals surface area (Å²) in [5.74, 6) is -3.74. The number of carbonyl (C=O) groups is 2. The number of halogens is 2. The van der Waals surface area contributed by atoms with Gasteiger partial charge in [0.25, 0.3) is 0 Å². The van der Waals surface area contributed by atoms with E-state index in [4.69, 9.17) is 51.8 Å². The van der Waals surface area contributed by atoms with Gasteiger partial charge in [0, 0.05) is 41.7 Å². The predicted molar refractivity (Wildman–Crippen MR) is 326 cm³/mol. The third-order valence-corrected chi connectivity index (χ3v) is 15.8. The minimum absolute atomic E-state index is 0.00506. The molecule has 16 heteroatoms. The van der Waals surface area contributed by atoms with Crippen LogP contribution in [0.2, 0.25) is 0 Å². The second-order valence-electron chi connectivity index (χ2n) is 22.7. The molecule has 9 aromatic rings. The summed E-state index contributed by atoms with van der Waals surface area (Å²) in [5, 5.41) is -0.00506. The Labute approximate surface area is 513 Å². The van der Waals surface area contributed by atoms with E-state index in [2.05, 4.69) is 0 Å². The number of esters is 2. The Bertz CT molecular complexity index is 3900. The third kappa shape index (κ3) is 14.2. The monoisotopic (exact) mass is 1200 g/mol. The molecule has 8 aromatic carbocycles. The van der Waals surface area contributed by atoms with Gasteiger partial charge in [0.15, 0.2) is 29.2 Å². The molecule has 0 radical (unpaired) electrons. The highest BCUT2D eigenvalue weighted by Crippen LogP contribution is 2.50. The first-order chi connectivity index (χ1) is 43.3. The lowest BCUT2D eigenvalue weighted by molar-refractivity contribution is -0.262. The molecular weight excluding hydrogens is 1140 g/mol. The minimum atomic E-state index is -1.64. The maximum Gasteiger partial charge on any atom is 0.306 e. The summed E-state index contributed by atoms with van der Waals surface area (Å²) in [6.45, 7) is 3.31. The number of ether oxygens (including phenoxy) is 10. The van der Waals surface area contributed by atoms with Crippen LogP contribution in [0.3, 0.4) is 0 Å². The van der Waals surface area contributed by atoms with Gasteiger partial charge in [-0.1, -0.05) is 146 Å². The first-order valence-corrected chi connectivity index (χ1v) is 30.0. The lowest BCUT2D eigenvalue weighted by Gasteiger charge is -2.41. The normalized spacial score (nSPS) is 18.6. The summed E-state index contributed by atoms with van der Waals surface area (Å²) in [6.07, 6.45) is -2.79. The number of unbranched alkanes of at least 4 members (excludes halogenated alkanes) is 2. The summed E-state index contributed by atoms with van der Waals surface area (Å²) in [6, 6.07) is 59.0. The molecule has 0 N–H and O–H groups in total. The molecule has 12 rings (SSSR count). The molecule has 1 aromatic heterocycles. The number of benzene rings is 8. The largest absolute Gasteiger partial charge is 0.489 e. The van der Waals surface area contributed by atoms with Gasteiger partial charge in [-0.05, 0) is 117 Å². The maximum atomic E-state index is 16.0. The summed E-state index contributed by atoms with van der Waals surface area (Å²) >= 11 is 0. The van der Waals surface area contributed by atoms with Crippen LogP contribution in [-0.4, -0.2) is 55.0 Å². The van der Waals surface area contributed by atoms with Gasteiger partial charge in [-0.3, -0.25) is 14.4 Å². The van der Waals surface area contributed by atoms with E-state index in [1.165, 1.54) is 24.3 Å². The maximum absolute atomic E-state index is 16.0. The number of carbonyl (C=O) groups excluding carboxylic acids is 2. The Hall–Kier alpha value is -9.35. The van der Waals surface area contributed by atoms with Crippen LogP contribution in [-0.2, 0) is 65.1 Å². The molecule has 0 spiro atoms. The van der Waals surface area contributed by atoms with Gasteiger partial charge in [-0.25, -0.2) is 8.78 Å². The Morgan fingerprint density at radius 3 is 1.72 bits per heavy atom. The molecule has 89 heavy (non-hydrogen) atoms. The van der Waals surface area contributed by atoms with Crippen molar-refractivity contribution in [2.45, 2.75) is 121 Å². The molecule has 0 saturated carbocycles. The Kier molecular flexibility index (Phi) is 18.2. The molecule has 456 valence electrons. The second-order valence-corrected chi connectivity index (χ2v) is 22.7. The van der Waals surface area contributed by atoms with E-state index >= 15 is 4.79 Å². The predicted octanol–water partition coefficient (Wildman–Crippen LogP) is 14.5. The van der Waals surface area contributed by atoms with Gasteiger partial charge in [0.05, 0.1) is 0 Å². The van der Waals surface area contributed by atoms with E-state index in [0.29, 0.717) is 61.3 Å². The fourth-order valence-corrected chi connectivity index (χ4v) is 11.3. The van der Waals surface area contributed by atoms with Gasteiger partial charge >= 0.3 is 17.7 Å². The van der Waals surface area contributed by atoms with Gasteiger partial charge in [0.2, 0.25) is 17.5 Å². The van der Waals surface area contributed by atoms with E-state index in [9.17, 15) is 18.4 Å². The first kappa shape index (κ1) is 60.0. The van der Waals surface area contributed by atoms with Crippen molar-refractivity contribution in [3.05, 3.63) is 255 Å². The number of aryl methyl sites for hydroxylation is 2. The van der Waals surface area contributed by atoms with Crippen LogP contribution in [0, 0.1) is 11.6 Å². The fourth-order valence-electron chi connectivity index (χ4n) is 11.3. The van der Waals surface area contributed by atoms with Crippen LogP contribution in [0.5, 0.6) is 28.7 Å². The zero-order valence-electron chi connectivity index (χ0n) is 49.2. The van der Waals surface area contributed by atoms with Crippen molar-refractivity contribution in [3.8, 4) is 40.1 Å². The van der Waals surface area contributed by atoms with E-state index < -0.39 is 59.6 Å². The zero-order chi connectivity index (χ0) is 61.3. The van der Waals surface area contributed by atoms with Crippen molar-refractivity contribution in [3.63, 3.8) is 0 Å². The Balaban J connectivity index is 0.931. The average molecular weight is 1210 g/mol. The summed E-state index contributed by atoms with van der Waals surface area (Å²) < 4.78 is 100. The van der Waals surface area contributed by atoms with Crippen molar-refractivity contribution in [2.24, 2.45) is 0 Å². The van der Waals surface area contributed by atoms with Crippen LogP contribution in [0.25, 0.3) is 22.3 Å². The highest BCUT2D eigenvalue weighted by Gasteiger charge is 2.58. The lowest BCUT2D eigenvalue weighted by Crippen LogP contribution is -2.60. The van der Waals surface area contributed by atoms with E-state index in [1.54, 1.807) is 68.4 Å². The van der Waals surface area contributed by atoms with Crippen LogP contribution in [0.1, 0.15) is 85.8 Å². The van der Waals surface area contributed by atoms with Crippen LogP contribution in [0.4, 0.5) is 8.78 Å². The molecule has 2 fully saturated rings. The molecule has 4 heterocycles. The van der Waals surface area contributed by atoms with Gasteiger partial charge < -0.3 is 51.8 Å². The summed E-state index contributed by atoms with van der Waals surface area (Å²) in [7, 11) is 0. The standard InChI is InChI=1S/C73H66F2O14/c1-72(2)88-67-61(46-81-62(76)29-17-15-19-47-31-36-54(74)37-32-47)83-71(70(69(67)89-72)84-63(77)30-18-16-20-48-33-38-55(75)39-34-48)85-68-65(78)64-59(80-45-50-23-9-4-10-24-50)42-56(79-44-49-21-7-3-8-22-49)43-60(64)82-66(68)51-35-40-57-58(41-51)87-73(86-57,52-25-11-5-12-26-52)53-27-13-6-14-28-53/h3-14,21-28,31-43,61,67,69-71H,15-20,29-30,44-46H2,1-2H3/t61-,67+,69+,70-,71+/m1/s1. The SMILES string of the molecule is CC1(C)O[C@H]2[C@@H](O1)[C@@H](COC(=O)CCCCc1ccc(F)cc1)O[C@@H](Oc1c(-c3ccc4c(c3)OC(c3ccccc3)(c3ccccc3)O4)oc3cc(OCc4ccccc4)cc(OCc4ccccc4)c3c1=O)[C@@H]2OC(=O)CCCCc1ccc(F)cc1. The molecule has 5 atom stereocenters. The van der Waals surface area contributed by atoms with Crippen LogP contribution in [0.15, 0.2) is 209 Å². The quantitative estimate of drug-likeness (QED) is 0.0416. The molecule has 3 aliphatic rings. The second kappa shape index (κ2) is 27.0. The first-order valence-electron chi connectivity index (χ1n) is 30.0. The van der Waals surface area contributed by atoms with Crippen LogP contribution >= 0.6 is 0 Å². The van der Waals surface area contributed by atoms with E-state index in [1.807, 2.05) is 121 Å². The molecule has 3 aliphatic heterocycles. The highest BCUT2D eigenvalue weighted by atomic mass is 19.1. The van der Waals surface area contributed by atoms with Crippen molar-refractivity contribution < 1.29 is 70.2 Å². The fraction of sp³-hybridized carbons (Fsp3) is 0.274. The topological polar surface area (TPSA) is 157 Å². The van der Waals surface area contributed by atoms with Crippen molar-refractivity contribution >= 4 is 22.9 Å². The van der Waals surface area contributed by atoms with Crippen molar-refractivity contribution in [1.82, 2.24) is 0 Å². The lowest BCUT2D eigenvalue weighted by atomic mass is 9.97. The van der Waals surface area contributed by atoms with Crippen molar-refractivity contribution in [1.29, 1.82) is 0 Å². The van der Waals surface area contributed by atoms with E-state index in [-0.39, 0.29) is 72.5 Å². The van der Waals surface area contributed by atoms with Gasteiger partial charge in [-0.2, -0.15) is 0 Å². The smallest absolute Gasteiger partial charge is 0.306 e. The number of hydrogen-bond acceptors (Lipinski definition) is 14. The third-order valence-electron chi connectivity index (χ3n) is 15.8. The zero-order valence-corrected chi connectivity index (χ0v) is 49.2. The van der Waals surface area contributed by atoms with Gasteiger partial charge in [0.1, 0.15) is 72.2 Å². The summed E-state index contributed by atoms with van der Waals surface area (Å²) in [4.78, 5) is 43.8. The molecule has 2 saturated heterocycles. The van der Waals surface area contributed by atoms with Crippen LogP contribution < -0.4 is 29.1 Å². The molecule has 0 bridgehead atoms. The Morgan fingerprint density at radius 2 is 1.11 bits per heavy atom. The Morgan fingerprint density at radius 1 is 0.562 bits per heavy atom. The highest BCUT2D eigenvalue weighted by molar-refractivity contribution is 5.89. The number of hydrogen-bond donors (Lipinski definition) is 0. The van der Waals surface area contributed by atoms with E-state index in [0.717, 1.165) is 33.4 Å².